The average Bonchev–Trinajstić information content (AvgIpc) is 2.72. The summed E-state index contributed by atoms with van der Waals surface area (Å²) < 4.78 is 4.67. The Morgan fingerprint density at radius 3 is 2.56 bits per heavy atom. The summed E-state index contributed by atoms with van der Waals surface area (Å²) in [5, 5.41) is 6.23. The number of anilines is 1. The predicted molar refractivity (Wildman–Crippen MR) is 101 cm³/mol. The second kappa shape index (κ2) is 9.12. The Bertz CT molecular complexity index is 786. The summed E-state index contributed by atoms with van der Waals surface area (Å²) in [5.74, 6) is 0.0372. The highest BCUT2D eigenvalue weighted by Gasteiger charge is 2.15. The van der Waals surface area contributed by atoms with Gasteiger partial charge in [-0.25, -0.2) is 14.8 Å². The molecule has 7 nitrogen and oxygen atoms in total. The molecule has 0 saturated heterocycles. The summed E-state index contributed by atoms with van der Waals surface area (Å²) in [5.41, 5.74) is 1.68. The largest absolute Gasteiger partial charge is 0.465 e. The van der Waals surface area contributed by atoms with Gasteiger partial charge in [-0.3, -0.25) is 4.79 Å². The van der Waals surface area contributed by atoms with Crippen molar-refractivity contribution in [2.45, 2.75) is 44.7 Å². The minimum Gasteiger partial charge on any atom is -0.465 e. The number of methoxy groups -OCH3 is 1. The zero-order chi connectivity index (χ0) is 19.1. The lowest BCUT2D eigenvalue weighted by Crippen LogP contribution is -2.25. The first-order chi connectivity index (χ1) is 13.2. The fourth-order valence-electron chi connectivity index (χ4n) is 3.17. The molecule has 1 aromatic heterocycles. The number of nitrogens with zero attached hydrogens (tertiary/aromatic N) is 2. The van der Waals surface area contributed by atoms with E-state index in [1.807, 2.05) is 0 Å². The Kier molecular flexibility index (Phi) is 6.35. The lowest BCUT2D eigenvalue weighted by atomic mass is 9.95. The number of esters is 1. The number of hydrogen-bond acceptors (Lipinski definition) is 6. The summed E-state index contributed by atoms with van der Waals surface area (Å²) in [6, 6.07) is 9.00. The van der Waals surface area contributed by atoms with Gasteiger partial charge in [0.05, 0.1) is 12.7 Å². The SMILES string of the molecule is COC(=O)c1ccc(CNC(=O)c2cc(NC3CCCCC3)ncn2)cc1. The first-order valence-electron chi connectivity index (χ1n) is 9.20. The molecular formula is C20H24N4O3. The summed E-state index contributed by atoms with van der Waals surface area (Å²) >= 11 is 0. The van der Waals surface area contributed by atoms with Crippen molar-refractivity contribution < 1.29 is 14.3 Å². The molecule has 27 heavy (non-hydrogen) atoms. The highest BCUT2D eigenvalue weighted by Crippen LogP contribution is 2.20. The van der Waals surface area contributed by atoms with Crippen molar-refractivity contribution in [3.63, 3.8) is 0 Å². The number of aromatic nitrogens is 2. The number of nitrogens with one attached hydrogen (secondary N) is 2. The topological polar surface area (TPSA) is 93.2 Å². The van der Waals surface area contributed by atoms with E-state index in [2.05, 4.69) is 25.3 Å². The van der Waals surface area contributed by atoms with Crippen LogP contribution in [0.3, 0.4) is 0 Å². The molecule has 1 heterocycles. The van der Waals surface area contributed by atoms with E-state index < -0.39 is 0 Å². The van der Waals surface area contributed by atoms with Crippen molar-refractivity contribution in [2.24, 2.45) is 0 Å². The Morgan fingerprint density at radius 2 is 1.85 bits per heavy atom. The maximum absolute atomic E-state index is 12.4. The molecule has 1 aliphatic carbocycles. The minimum absolute atomic E-state index is 0.263. The predicted octanol–water partition coefficient (Wildman–Crippen LogP) is 2.94. The van der Waals surface area contributed by atoms with E-state index in [-0.39, 0.29) is 11.9 Å². The molecule has 2 aromatic rings. The van der Waals surface area contributed by atoms with Crippen LogP contribution in [0.5, 0.6) is 0 Å². The normalized spacial score (nSPS) is 14.4. The van der Waals surface area contributed by atoms with Gasteiger partial charge in [-0.15, -0.1) is 0 Å². The van der Waals surface area contributed by atoms with Gasteiger partial charge in [0.25, 0.3) is 5.91 Å². The molecular weight excluding hydrogens is 344 g/mol. The zero-order valence-corrected chi connectivity index (χ0v) is 15.4. The molecule has 1 fully saturated rings. The van der Waals surface area contributed by atoms with E-state index in [9.17, 15) is 9.59 Å². The highest BCUT2D eigenvalue weighted by atomic mass is 16.5. The van der Waals surface area contributed by atoms with Gasteiger partial charge in [0.15, 0.2) is 0 Å². The molecule has 2 N–H and O–H groups in total. The maximum Gasteiger partial charge on any atom is 0.337 e. The van der Waals surface area contributed by atoms with E-state index in [4.69, 9.17) is 0 Å². The number of hydrogen-bond donors (Lipinski definition) is 2. The van der Waals surface area contributed by atoms with Crippen LogP contribution >= 0.6 is 0 Å². The first kappa shape index (κ1) is 18.8. The van der Waals surface area contributed by atoms with Crippen molar-refractivity contribution in [1.82, 2.24) is 15.3 Å². The molecule has 0 atom stereocenters. The van der Waals surface area contributed by atoms with Gasteiger partial charge in [0.2, 0.25) is 0 Å². The van der Waals surface area contributed by atoms with Crippen LogP contribution in [0.25, 0.3) is 0 Å². The van der Waals surface area contributed by atoms with Gasteiger partial charge in [-0.05, 0) is 30.5 Å². The van der Waals surface area contributed by atoms with Crippen LogP contribution in [-0.4, -0.2) is 35.0 Å². The second-order valence-electron chi connectivity index (χ2n) is 6.64. The second-order valence-corrected chi connectivity index (χ2v) is 6.64. The van der Waals surface area contributed by atoms with E-state index in [0.29, 0.717) is 29.7 Å². The number of amides is 1. The van der Waals surface area contributed by atoms with Crippen LogP contribution in [0.2, 0.25) is 0 Å². The number of ether oxygens (including phenoxy) is 1. The molecule has 0 aliphatic heterocycles. The number of carbonyl (C=O) groups is 2. The average molecular weight is 368 g/mol. The molecule has 1 saturated carbocycles. The van der Waals surface area contributed by atoms with Crippen LogP contribution in [0.1, 0.15) is 58.5 Å². The molecule has 7 heteroatoms. The van der Waals surface area contributed by atoms with E-state index in [0.717, 1.165) is 18.4 Å². The van der Waals surface area contributed by atoms with Gasteiger partial charge in [0, 0.05) is 18.7 Å². The third-order valence-corrected chi connectivity index (χ3v) is 4.68. The number of rotatable bonds is 6. The van der Waals surface area contributed by atoms with Gasteiger partial charge >= 0.3 is 5.97 Å². The Hall–Kier alpha value is -2.96. The smallest absolute Gasteiger partial charge is 0.337 e. The third-order valence-electron chi connectivity index (χ3n) is 4.68. The van der Waals surface area contributed by atoms with Crippen molar-refractivity contribution in [2.75, 3.05) is 12.4 Å². The summed E-state index contributed by atoms with van der Waals surface area (Å²) in [7, 11) is 1.34. The van der Waals surface area contributed by atoms with E-state index in [1.54, 1.807) is 30.3 Å². The van der Waals surface area contributed by atoms with Crippen molar-refractivity contribution in [3.8, 4) is 0 Å². The lowest BCUT2D eigenvalue weighted by Gasteiger charge is -2.23. The molecule has 1 aromatic carbocycles. The summed E-state index contributed by atoms with van der Waals surface area (Å²) in [4.78, 5) is 32.1. The monoisotopic (exact) mass is 368 g/mol. The quantitative estimate of drug-likeness (QED) is 0.762. The summed E-state index contributed by atoms with van der Waals surface area (Å²) in [6.45, 7) is 0.343. The fourth-order valence-corrected chi connectivity index (χ4v) is 3.17. The third kappa shape index (κ3) is 5.26. The van der Waals surface area contributed by atoms with Crippen LogP contribution < -0.4 is 10.6 Å². The van der Waals surface area contributed by atoms with Crippen molar-refractivity contribution >= 4 is 17.7 Å². The first-order valence-corrected chi connectivity index (χ1v) is 9.20. The maximum atomic E-state index is 12.4. The molecule has 0 spiro atoms. The van der Waals surface area contributed by atoms with Crippen LogP contribution in [0.15, 0.2) is 36.7 Å². The Balaban J connectivity index is 1.56. The Morgan fingerprint density at radius 1 is 1.11 bits per heavy atom. The molecule has 0 bridgehead atoms. The number of carbonyl (C=O) groups excluding carboxylic acids is 2. The van der Waals surface area contributed by atoms with Gasteiger partial charge in [-0.1, -0.05) is 31.4 Å². The van der Waals surface area contributed by atoms with Crippen LogP contribution in [0, 0.1) is 0 Å². The van der Waals surface area contributed by atoms with Gasteiger partial charge in [-0.2, -0.15) is 0 Å². The molecule has 0 unspecified atom stereocenters. The van der Waals surface area contributed by atoms with Gasteiger partial charge < -0.3 is 15.4 Å². The molecule has 0 radical (unpaired) electrons. The lowest BCUT2D eigenvalue weighted by molar-refractivity contribution is 0.0600. The van der Waals surface area contributed by atoms with Crippen molar-refractivity contribution in [3.05, 3.63) is 53.5 Å². The standard InChI is InChI=1S/C20H24N4O3/c1-27-20(26)15-9-7-14(8-10-15)12-21-19(25)17-11-18(23-13-22-17)24-16-5-3-2-4-6-16/h7-11,13,16H,2-6,12H2,1H3,(H,21,25)(H,22,23,24). The fraction of sp³-hybridized carbons (Fsp3) is 0.400. The van der Waals surface area contributed by atoms with Crippen molar-refractivity contribution in [1.29, 1.82) is 0 Å². The molecule has 1 amide bonds. The van der Waals surface area contributed by atoms with Gasteiger partial charge in [0.1, 0.15) is 17.8 Å². The van der Waals surface area contributed by atoms with E-state index in [1.165, 1.54) is 32.7 Å². The zero-order valence-electron chi connectivity index (χ0n) is 15.4. The van der Waals surface area contributed by atoms with Crippen LogP contribution in [-0.2, 0) is 11.3 Å². The Labute approximate surface area is 158 Å². The van der Waals surface area contributed by atoms with Crippen LogP contribution in [0.4, 0.5) is 5.82 Å². The molecule has 1 aliphatic rings. The molecule has 142 valence electrons. The number of benzene rings is 1. The highest BCUT2D eigenvalue weighted by molar-refractivity contribution is 5.92. The minimum atomic E-state index is -0.385. The molecule has 3 rings (SSSR count). The van der Waals surface area contributed by atoms with E-state index >= 15 is 0 Å². The summed E-state index contributed by atoms with van der Waals surface area (Å²) in [6.07, 6.45) is 7.41.